The minimum atomic E-state index is 0.0303. The molecule has 16 heavy (non-hydrogen) atoms. The standard InChI is InChI=1S/C14H19NO/c1-9-10(2)16-12-8-6-7-11(13(12)15-9)14(3,4)5/h6-8,10,15H,1H2,2-5H3. The van der Waals surface area contributed by atoms with E-state index < -0.39 is 0 Å². The van der Waals surface area contributed by atoms with E-state index in [1.54, 1.807) is 0 Å². The molecule has 86 valence electrons. The van der Waals surface area contributed by atoms with Crippen LogP contribution in [0, 0.1) is 0 Å². The predicted molar refractivity (Wildman–Crippen MR) is 68.0 cm³/mol. The Bertz CT molecular complexity index is 429. The summed E-state index contributed by atoms with van der Waals surface area (Å²) in [4.78, 5) is 0. The minimum Gasteiger partial charge on any atom is -0.482 e. The number of hydrogen-bond donors (Lipinski definition) is 1. The summed E-state index contributed by atoms with van der Waals surface area (Å²) < 4.78 is 5.82. The Morgan fingerprint density at radius 2 is 2.00 bits per heavy atom. The smallest absolute Gasteiger partial charge is 0.144 e. The van der Waals surface area contributed by atoms with Crippen LogP contribution in [0.1, 0.15) is 33.3 Å². The molecule has 0 radical (unpaired) electrons. The fraction of sp³-hybridized carbons (Fsp3) is 0.429. The van der Waals surface area contributed by atoms with Gasteiger partial charge in [0.25, 0.3) is 0 Å². The molecular weight excluding hydrogens is 198 g/mol. The van der Waals surface area contributed by atoms with Gasteiger partial charge in [-0.1, -0.05) is 39.5 Å². The molecule has 0 fully saturated rings. The molecule has 0 bridgehead atoms. The molecule has 0 aliphatic carbocycles. The molecule has 1 aromatic rings. The van der Waals surface area contributed by atoms with Crippen LogP contribution in [0.15, 0.2) is 30.5 Å². The van der Waals surface area contributed by atoms with E-state index in [1.807, 2.05) is 19.1 Å². The molecule has 1 unspecified atom stereocenters. The maximum Gasteiger partial charge on any atom is 0.144 e. The van der Waals surface area contributed by atoms with Gasteiger partial charge in [-0.05, 0) is 24.0 Å². The van der Waals surface area contributed by atoms with E-state index in [4.69, 9.17) is 4.74 Å². The first-order valence-corrected chi connectivity index (χ1v) is 5.65. The van der Waals surface area contributed by atoms with Crippen LogP contribution < -0.4 is 10.1 Å². The van der Waals surface area contributed by atoms with Gasteiger partial charge in [-0.2, -0.15) is 0 Å². The zero-order valence-corrected chi connectivity index (χ0v) is 10.4. The van der Waals surface area contributed by atoms with E-state index in [0.29, 0.717) is 0 Å². The molecule has 1 aliphatic rings. The van der Waals surface area contributed by atoms with Gasteiger partial charge in [-0.25, -0.2) is 0 Å². The van der Waals surface area contributed by atoms with Gasteiger partial charge in [0, 0.05) is 5.70 Å². The molecule has 0 spiro atoms. The first-order valence-electron chi connectivity index (χ1n) is 5.65. The van der Waals surface area contributed by atoms with Gasteiger partial charge < -0.3 is 10.1 Å². The van der Waals surface area contributed by atoms with E-state index >= 15 is 0 Å². The maximum atomic E-state index is 5.82. The quantitative estimate of drug-likeness (QED) is 0.715. The molecule has 1 atom stereocenters. The van der Waals surface area contributed by atoms with Crippen LogP contribution in [-0.2, 0) is 5.41 Å². The maximum absolute atomic E-state index is 5.82. The van der Waals surface area contributed by atoms with Crippen LogP contribution in [0.3, 0.4) is 0 Å². The van der Waals surface area contributed by atoms with Crippen LogP contribution in [0.5, 0.6) is 5.75 Å². The Labute approximate surface area is 97.3 Å². The second-order valence-corrected chi connectivity index (χ2v) is 5.34. The summed E-state index contributed by atoms with van der Waals surface area (Å²) in [5, 5.41) is 3.37. The number of nitrogens with one attached hydrogen (secondary N) is 1. The topological polar surface area (TPSA) is 21.3 Å². The monoisotopic (exact) mass is 217 g/mol. The van der Waals surface area contributed by atoms with Gasteiger partial charge in [-0.15, -0.1) is 0 Å². The molecule has 2 rings (SSSR count). The van der Waals surface area contributed by atoms with Gasteiger partial charge in [0.05, 0.1) is 5.69 Å². The lowest BCUT2D eigenvalue weighted by atomic mass is 9.85. The number of hydrogen-bond acceptors (Lipinski definition) is 2. The van der Waals surface area contributed by atoms with E-state index in [9.17, 15) is 0 Å². The van der Waals surface area contributed by atoms with Crippen LogP contribution in [0.2, 0.25) is 0 Å². The number of fused-ring (bicyclic) bond motifs is 1. The van der Waals surface area contributed by atoms with Crippen LogP contribution >= 0.6 is 0 Å². The van der Waals surface area contributed by atoms with Gasteiger partial charge in [0.15, 0.2) is 0 Å². The van der Waals surface area contributed by atoms with Crippen LogP contribution in [0.4, 0.5) is 5.69 Å². The third-order valence-electron chi connectivity index (χ3n) is 2.91. The number of benzene rings is 1. The molecule has 2 heteroatoms. The lowest BCUT2D eigenvalue weighted by Gasteiger charge is -2.32. The Morgan fingerprint density at radius 1 is 1.31 bits per heavy atom. The second kappa shape index (κ2) is 3.55. The highest BCUT2D eigenvalue weighted by Crippen LogP contribution is 2.40. The first kappa shape index (κ1) is 11.1. The number of ether oxygens (including phenoxy) is 1. The SMILES string of the molecule is C=C1Nc2c(cccc2C(C)(C)C)OC1C. The molecule has 0 aromatic heterocycles. The largest absolute Gasteiger partial charge is 0.482 e. The van der Waals surface area contributed by atoms with Crippen molar-refractivity contribution in [2.75, 3.05) is 5.32 Å². The summed E-state index contributed by atoms with van der Waals surface area (Å²) in [6, 6.07) is 6.18. The third kappa shape index (κ3) is 1.80. The highest BCUT2D eigenvalue weighted by atomic mass is 16.5. The number of anilines is 1. The molecule has 0 saturated heterocycles. The zero-order chi connectivity index (χ0) is 11.9. The Balaban J connectivity index is 2.53. The summed E-state index contributed by atoms with van der Waals surface area (Å²) in [6.07, 6.45) is 0.0303. The molecule has 1 N–H and O–H groups in total. The Hall–Kier alpha value is -1.44. The molecule has 0 amide bonds. The van der Waals surface area contributed by atoms with Crippen molar-refractivity contribution in [3.8, 4) is 5.75 Å². The Kier molecular flexibility index (Phi) is 2.45. The average molecular weight is 217 g/mol. The number of para-hydroxylation sites is 1. The summed E-state index contributed by atoms with van der Waals surface area (Å²) in [5.74, 6) is 0.923. The fourth-order valence-corrected chi connectivity index (χ4v) is 1.91. The summed E-state index contributed by atoms with van der Waals surface area (Å²) in [6.45, 7) is 12.6. The van der Waals surface area contributed by atoms with Gasteiger partial charge in [-0.3, -0.25) is 0 Å². The van der Waals surface area contributed by atoms with Crippen LogP contribution in [-0.4, -0.2) is 6.10 Å². The summed E-state index contributed by atoms with van der Waals surface area (Å²) in [5.41, 5.74) is 3.35. The fourth-order valence-electron chi connectivity index (χ4n) is 1.91. The lowest BCUT2D eigenvalue weighted by Crippen LogP contribution is -2.27. The highest BCUT2D eigenvalue weighted by Gasteiger charge is 2.26. The van der Waals surface area contributed by atoms with Crippen LogP contribution in [0.25, 0.3) is 0 Å². The predicted octanol–water partition coefficient (Wildman–Crippen LogP) is 3.69. The van der Waals surface area contributed by atoms with E-state index in [2.05, 4.69) is 38.7 Å². The highest BCUT2D eigenvalue weighted by molar-refractivity contribution is 5.68. The number of rotatable bonds is 0. The second-order valence-electron chi connectivity index (χ2n) is 5.34. The summed E-state index contributed by atoms with van der Waals surface area (Å²) in [7, 11) is 0. The molecular formula is C14H19NO. The lowest BCUT2D eigenvalue weighted by molar-refractivity contribution is 0.251. The third-order valence-corrected chi connectivity index (χ3v) is 2.91. The van der Waals surface area contributed by atoms with E-state index in [1.165, 1.54) is 5.56 Å². The van der Waals surface area contributed by atoms with Crippen molar-refractivity contribution in [2.24, 2.45) is 0 Å². The van der Waals surface area contributed by atoms with Crippen molar-refractivity contribution in [3.63, 3.8) is 0 Å². The molecule has 1 aromatic carbocycles. The van der Waals surface area contributed by atoms with Crippen molar-refractivity contribution < 1.29 is 4.74 Å². The van der Waals surface area contributed by atoms with Crippen molar-refractivity contribution in [2.45, 2.75) is 39.2 Å². The van der Waals surface area contributed by atoms with E-state index in [0.717, 1.165) is 17.1 Å². The van der Waals surface area contributed by atoms with Crippen molar-refractivity contribution in [3.05, 3.63) is 36.0 Å². The van der Waals surface area contributed by atoms with Crippen molar-refractivity contribution >= 4 is 5.69 Å². The molecule has 0 saturated carbocycles. The van der Waals surface area contributed by atoms with Crippen molar-refractivity contribution in [1.82, 2.24) is 0 Å². The zero-order valence-electron chi connectivity index (χ0n) is 10.4. The first-order chi connectivity index (χ1) is 7.39. The normalized spacial score (nSPS) is 19.8. The average Bonchev–Trinajstić information content (AvgIpc) is 2.17. The Morgan fingerprint density at radius 3 is 2.62 bits per heavy atom. The molecule has 1 heterocycles. The van der Waals surface area contributed by atoms with Gasteiger partial charge in [0.1, 0.15) is 11.9 Å². The molecule has 1 aliphatic heterocycles. The van der Waals surface area contributed by atoms with Crippen molar-refractivity contribution in [1.29, 1.82) is 0 Å². The molecule has 2 nitrogen and oxygen atoms in total. The minimum absolute atomic E-state index is 0.0303. The van der Waals surface area contributed by atoms with Gasteiger partial charge in [0.2, 0.25) is 0 Å². The van der Waals surface area contributed by atoms with Gasteiger partial charge >= 0.3 is 0 Å². The van der Waals surface area contributed by atoms with E-state index in [-0.39, 0.29) is 11.5 Å². The summed E-state index contributed by atoms with van der Waals surface area (Å²) >= 11 is 0.